The fraction of sp³-hybridized carbons (Fsp3) is 0.118. The summed E-state index contributed by atoms with van der Waals surface area (Å²) in [6.45, 7) is 0. The van der Waals surface area contributed by atoms with Gasteiger partial charge >= 0.3 is 11.9 Å². The Hall–Kier alpha value is -3.35. The van der Waals surface area contributed by atoms with Crippen molar-refractivity contribution in [1.29, 1.82) is 0 Å². The van der Waals surface area contributed by atoms with E-state index in [0.717, 1.165) is 11.6 Å². The van der Waals surface area contributed by atoms with Crippen LogP contribution in [0.25, 0.3) is 0 Å². The smallest absolute Gasteiger partial charge is 0.339 e. The van der Waals surface area contributed by atoms with E-state index in [1.807, 2.05) is 0 Å². The zero-order valence-corrected chi connectivity index (χ0v) is 12.4. The van der Waals surface area contributed by atoms with Crippen LogP contribution in [-0.4, -0.2) is 34.2 Å². The van der Waals surface area contributed by atoms with E-state index in [1.165, 1.54) is 12.1 Å². The van der Waals surface area contributed by atoms with Crippen molar-refractivity contribution in [3.05, 3.63) is 59.2 Å². The van der Waals surface area contributed by atoms with E-state index in [1.54, 1.807) is 24.3 Å². The summed E-state index contributed by atoms with van der Waals surface area (Å²) in [7, 11) is 0. The van der Waals surface area contributed by atoms with Crippen LogP contribution in [0.1, 0.15) is 26.3 Å². The molecule has 24 heavy (non-hydrogen) atoms. The number of anilines is 1. The average molecular weight is 327 g/mol. The van der Waals surface area contributed by atoms with Gasteiger partial charge in [0.1, 0.15) is 11.3 Å². The lowest BCUT2D eigenvalue weighted by Gasteiger charge is -2.23. The number of carboxylic acids is 1. The van der Waals surface area contributed by atoms with E-state index in [0.29, 0.717) is 5.56 Å². The van der Waals surface area contributed by atoms with Crippen molar-refractivity contribution in [3.8, 4) is 5.75 Å². The van der Waals surface area contributed by atoms with Crippen molar-refractivity contribution >= 4 is 23.5 Å². The highest BCUT2D eigenvalue weighted by atomic mass is 16.5. The summed E-state index contributed by atoms with van der Waals surface area (Å²) in [5.74, 6) is -2.86. The summed E-state index contributed by atoms with van der Waals surface area (Å²) < 4.78 is 5.13. The molecule has 3 N–H and O–H groups in total. The highest BCUT2D eigenvalue weighted by Crippen LogP contribution is 2.24. The molecule has 0 unspecified atom stereocenters. The van der Waals surface area contributed by atoms with Crippen LogP contribution in [0.15, 0.2) is 42.5 Å². The summed E-state index contributed by atoms with van der Waals surface area (Å²) in [6, 6.07) is 10.5. The number of hydrogen-bond donors (Lipinski definition) is 3. The first-order valence-corrected chi connectivity index (χ1v) is 7.12. The Labute approximate surface area is 136 Å². The second-order valence-corrected chi connectivity index (χ2v) is 5.28. The zero-order valence-electron chi connectivity index (χ0n) is 12.4. The van der Waals surface area contributed by atoms with Gasteiger partial charge in [-0.3, -0.25) is 4.79 Å². The number of phenols is 1. The van der Waals surface area contributed by atoms with Crippen LogP contribution in [0.4, 0.5) is 5.69 Å². The van der Waals surface area contributed by atoms with Gasteiger partial charge in [0.05, 0.1) is 5.56 Å². The van der Waals surface area contributed by atoms with E-state index < -0.39 is 29.7 Å². The number of carbonyl (C=O) groups excluding carboxylic acids is 2. The van der Waals surface area contributed by atoms with Crippen LogP contribution in [0.5, 0.6) is 5.75 Å². The van der Waals surface area contributed by atoms with Crippen molar-refractivity contribution in [2.75, 3.05) is 5.32 Å². The molecule has 1 aliphatic rings. The molecule has 0 aromatic heterocycles. The number of carboxylic acid groups (broad SMARTS) is 1. The maximum atomic E-state index is 12.3. The molecule has 0 saturated heterocycles. The molecule has 0 bridgehead atoms. The van der Waals surface area contributed by atoms with Gasteiger partial charge < -0.3 is 20.3 Å². The van der Waals surface area contributed by atoms with Crippen molar-refractivity contribution in [3.63, 3.8) is 0 Å². The Kier molecular flexibility index (Phi) is 3.91. The molecule has 0 spiro atoms. The molecule has 0 saturated carbocycles. The summed E-state index contributed by atoms with van der Waals surface area (Å²) in [5.41, 5.74) is 1.09. The number of nitrogens with one attached hydrogen (secondary N) is 1. The fourth-order valence-electron chi connectivity index (χ4n) is 2.49. The number of amides is 1. The van der Waals surface area contributed by atoms with Gasteiger partial charge in [0.25, 0.3) is 5.91 Å². The molecular formula is C17H13NO6. The number of esters is 1. The number of ether oxygens (including phenoxy) is 1. The molecule has 122 valence electrons. The minimum absolute atomic E-state index is 0.206. The van der Waals surface area contributed by atoms with Crippen LogP contribution in [0.3, 0.4) is 0 Å². The fourth-order valence-corrected chi connectivity index (χ4v) is 2.49. The predicted molar refractivity (Wildman–Crippen MR) is 83.0 cm³/mol. The number of rotatable bonds is 3. The lowest BCUT2D eigenvalue weighted by atomic mass is 9.98. The molecular weight excluding hydrogens is 314 g/mol. The number of benzene rings is 2. The van der Waals surface area contributed by atoms with E-state index in [2.05, 4.69) is 5.32 Å². The summed E-state index contributed by atoms with van der Waals surface area (Å²) in [4.78, 5) is 35.0. The van der Waals surface area contributed by atoms with Crippen molar-refractivity contribution in [2.24, 2.45) is 0 Å². The Morgan fingerprint density at radius 1 is 1.17 bits per heavy atom. The topological polar surface area (TPSA) is 113 Å². The molecule has 1 heterocycles. The van der Waals surface area contributed by atoms with Crippen molar-refractivity contribution in [2.45, 2.75) is 12.5 Å². The second kappa shape index (κ2) is 6.04. The van der Waals surface area contributed by atoms with Crippen molar-refractivity contribution < 1.29 is 29.3 Å². The number of aromatic hydroxyl groups is 1. The Morgan fingerprint density at radius 3 is 2.62 bits per heavy atom. The number of cyclic esters (lactones) is 1. The molecule has 0 radical (unpaired) electrons. The standard InChI is InChI=1S/C17H13NO6/c19-13-8-10(5-6-12(13)16(21)22)18-15(20)14-7-9-3-1-2-4-11(9)17(23)24-14/h1-6,8,14,19H,7H2,(H,18,20)(H,21,22)/t14-/m0/s1. The lowest BCUT2D eigenvalue weighted by molar-refractivity contribution is -0.125. The van der Waals surface area contributed by atoms with Crippen molar-refractivity contribution in [1.82, 2.24) is 0 Å². The number of fused-ring (bicyclic) bond motifs is 1. The van der Waals surface area contributed by atoms with Gasteiger partial charge in [0, 0.05) is 18.2 Å². The van der Waals surface area contributed by atoms with Gasteiger partial charge in [-0.05, 0) is 23.8 Å². The van der Waals surface area contributed by atoms with Gasteiger partial charge in [0.2, 0.25) is 0 Å². The molecule has 0 fully saturated rings. The summed E-state index contributed by atoms with van der Waals surface area (Å²) >= 11 is 0. The zero-order chi connectivity index (χ0) is 17.3. The highest BCUT2D eigenvalue weighted by molar-refractivity contribution is 6.00. The summed E-state index contributed by atoms with van der Waals surface area (Å²) in [5, 5.41) is 21.0. The Morgan fingerprint density at radius 2 is 1.92 bits per heavy atom. The van der Waals surface area contributed by atoms with Crippen LogP contribution in [0, 0.1) is 0 Å². The van der Waals surface area contributed by atoms with Gasteiger partial charge in [-0.15, -0.1) is 0 Å². The maximum absolute atomic E-state index is 12.3. The normalized spacial score (nSPS) is 16.0. The Bertz CT molecular complexity index is 845. The van der Waals surface area contributed by atoms with Crippen LogP contribution in [0.2, 0.25) is 0 Å². The van der Waals surface area contributed by atoms with Gasteiger partial charge in [-0.1, -0.05) is 18.2 Å². The van der Waals surface area contributed by atoms with E-state index in [4.69, 9.17) is 9.84 Å². The van der Waals surface area contributed by atoms with E-state index >= 15 is 0 Å². The minimum Gasteiger partial charge on any atom is -0.507 e. The van der Waals surface area contributed by atoms with Crippen LogP contribution >= 0.6 is 0 Å². The monoisotopic (exact) mass is 327 g/mol. The molecule has 7 heteroatoms. The third-order valence-corrected chi connectivity index (χ3v) is 3.68. The second-order valence-electron chi connectivity index (χ2n) is 5.28. The highest BCUT2D eigenvalue weighted by Gasteiger charge is 2.31. The molecule has 2 aromatic carbocycles. The molecule has 7 nitrogen and oxygen atoms in total. The number of hydrogen-bond acceptors (Lipinski definition) is 5. The van der Waals surface area contributed by atoms with Gasteiger partial charge in [-0.25, -0.2) is 9.59 Å². The van der Waals surface area contributed by atoms with Crippen LogP contribution in [-0.2, 0) is 16.0 Å². The quantitative estimate of drug-likeness (QED) is 0.741. The van der Waals surface area contributed by atoms with E-state index in [9.17, 15) is 19.5 Å². The number of aromatic carboxylic acids is 1. The lowest BCUT2D eigenvalue weighted by Crippen LogP contribution is -2.37. The summed E-state index contributed by atoms with van der Waals surface area (Å²) in [6.07, 6.45) is -0.749. The SMILES string of the molecule is O=C(O)c1ccc(NC(=O)[C@@H]2Cc3ccccc3C(=O)O2)cc1O. The molecule has 0 aliphatic carbocycles. The molecule has 3 rings (SSSR count). The first-order valence-electron chi connectivity index (χ1n) is 7.12. The first kappa shape index (κ1) is 15.5. The molecule has 2 aromatic rings. The van der Waals surface area contributed by atoms with Gasteiger partial charge in [-0.2, -0.15) is 0 Å². The minimum atomic E-state index is -1.27. The third kappa shape index (κ3) is 2.91. The molecule has 1 amide bonds. The van der Waals surface area contributed by atoms with Gasteiger partial charge in [0.15, 0.2) is 6.10 Å². The maximum Gasteiger partial charge on any atom is 0.339 e. The van der Waals surface area contributed by atoms with Crippen LogP contribution < -0.4 is 5.32 Å². The predicted octanol–water partition coefficient (Wildman–Crippen LogP) is 1.81. The third-order valence-electron chi connectivity index (χ3n) is 3.68. The largest absolute Gasteiger partial charge is 0.507 e. The average Bonchev–Trinajstić information content (AvgIpc) is 2.54. The molecule has 1 atom stereocenters. The first-order chi connectivity index (χ1) is 11.5. The van der Waals surface area contributed by atoms with E-state index in [-0.39, 0.29) is 17.7 Å². The number of carbonyl (C=O) groups is 3. The Balaban J connectivity index is 1.76. The molecule has 1 aliphatic heterocycles.